The fraction of sp³-hybridized carbons (Fsp3) is 0.231. The van der Waals surface area contributed by atoms with Crippen molar-refractivity contribution in [1.29, 1.82) is 0 Å². The molecule has 0 amide bonds. The number of hydrogen-bond donors (Lipinski definition) is 0. The Labute approximate surface area is 91.1 Å². The summed E-state index contributed by atoms with van der Waals surface area (Å²) in [5.74, 6) is 3.90. The molecule has 0 saturated carbocycles. The normalized spacial score (nSPS) is 11.1. The Hall–Kier alpha value is -1.46. The van der Waals surface area contributed by atoms with Crippen molar-refractivity contribution in [2.75, 3.05) is 0 Å². The molecule has 1 nitrogen and oxygen atoms in total. The van der Waals surface area contributed by atoms with Crippen LogP contribution in [0.1, 0.15) is 5.76 Å². The van der Waals surface area contributed by atoms with Crippen LogP contribution in [-0.4, -0.2) is 8.07 Å². The first kappa shape index (κ1) is 10.1. The monoisotopic (exact) mass is 214 g/mol. The molecule has 76 valence electrons. The molecule has 1 heterocycles. The molecule has 1 aromatic carbocycles. The molecule has 1 aromatic heterocycles. The molecule has 0 aliphatic heterocycles. The molecular formula is C13H14OSi. The van der Waals surface area contributed by atoms with E-state index < -0.39 is 8.07 Å². The average molecular weight is 214 g/mol. The SMILES string of the molecule is C[Si](C)(C)C#Cc1cc2ccccc2o1. The number of hydrogen-bond acceptors (Lipinski definition) is 1. The topological polar surface area (TPSA) is 13.1 Å². The van der Waals surface area contributed by atoms with Crippen molar-refractivity contribution < 1.29 is 4.42 Å². The summed E-state index contributed by atoms with van der Waals surface area (Å²) in [7, 11) is -1.31. The first-order valence-electron chi connectivity index (χ1n) is 5.06. The molecule has 0 aliphatic carbocycles. The van der Waals surface area contributed by atoms with Gasteiger partial charge in [-0.1, -0.05) is 37.8 Å². The van der Waals surface area contributed by atoms with Crippen LogP contribution < -0.4 is 0 Å². The molecule has 0 fully saturated rings. The Bertz CT molecular complexity index is 502. The summed E-state index contributed by atoms with van der Waals surface area (Å²) in [4.78, 5) is 0. The van der Waals surface area contributed by atoms with Crippen molar-refractivity contribution in [2.45, 2.75) is 19.6 Å². The van der Waals surface area contributed by atoms with E-state index in [0.717, 1.165) is 16.7 Å². The van der Waals surface area contributed by atoms with Gasteiger partial charge in [0.25, 0.3) is 0 Å². The lowest BCUT2D eigenvalue weighted by molar-refractivity contribution is 0.601. The Morgan fingerprint density at radius 3 is 2.53 bits per heavy atom. The molecular weight excluding hydrogens is 200 g/mol. The van der Waals surface area contributed by atoms with Crippen molar-refractivity contribution in [3.05, 3.63) is 36.1 Å². The number of fused-ring (bicyclic) bond motifs is 1. The highest BCUT2D eigenvalue weighted by molar-refractivity contribution is 6.83. The van der Waals surface area contributed by atoms with E-state index in [1.807, 2.05) is 30.3 Å². The number of furan rings is 1. The first-order chi connectivity index (χ1) is 7.04. The predicted octanol–water partition coefficient (Wildman–Crippen LogP) is 3.66. The van der Waals surface area contributed by atoms with Gasteiger partial charge < -0.3 is 4.42 Å². The summed E-state index contributed by atoms with van der Waals surface area (Å²) in [5, 5.41) is 1.12. The summed E-state index contributed by atoms with van der Waals surface area (Å²) < 4.78 is 5.61. The molecule has 2 heteroatoms. The molecule has 0 aliphatic rings. The van der Waals surface area contributed by atoms with Crippen molar-refractivity contribution in [1.82, 2.24) is 0 Å². The Kier molecular flexibility index (Phi) is 2.41. The number of benzene rings is 1. The van der Waals surface area contributed by atoms with Gasteiger partial charge in [-0.15, -0.1) is 5.54 Å². The predicted molar refractivity (Wildman–Crippen MR) is 66.4 cm³/mol. The van der Waals surface area contributed by atoms with Crippen molar-refractivity contribution in [3.63, 3.8) is 0 Å². The van der Waals surface area contributed by atoms with Crippen molar-refractivity contribution in [3.8, 4) is 11.5 Å². The van der Waals surface area contributed by atoms with E-state index in [1.54, 1.807) is 0 Å². The van der Waals surface area contributed by atoms with E-state index in [2.05, 4.69) is 31.1 Å². The molecule has 0 N–H and O–H groups in total. The van der Waals surface area contributed by atoms with E-state index in [4.69, 9.17) is 4.42 Å². The van der Waals surface area contributed by atoms with Gasteiger partial charge in [-0.3, -0.25) is 0 Å². The summed E-state index contributed by atoms with van der Waals surface area (Å²) in [5.41, 5.74) is 4.21. The van der Waals surface area contributed by atoms with E-state index in [1.165, 1.54) is 0 Å². The Balaban J connectivity index is 2.41. The molecule has 0 saturated heterocycles. The second-order valence-corrected chi connectivity index (χ2v) is 9.40. The number of para-hydroxylation sites is 1. The van der Waals surface area contributed by atoms with E-state index in [0.29, 0.717) is 0 Å². The van der Waals surface area contributed by atoms with Gasteiger partial charge in [0.2, 0.25) is 0 Å². The van der Waals surface area contributed by atoms with Gasteiger partial charge in [-0.05, 0) is 12.0 Å². The second kappa shape index (κ2) is 3.60. The average Bonchev–Trinajstić information content (AvgIpc) is 2.56. The van der Waals surface area contributed by atoms with Crippen LogP contribution in [0.2, 0.25) is 19.6 Å². The molecule has 0 atom stereocenters. The van der Waals surface area contributed by atoms with Crippen LogP contribution >= 0.6 is 0 Å². The highest BCUT2D eigenvalue weighted by atomic mass is 28.3. The fourth-order valence-corrected chi connectivity index (χ4v) is 1.79. The van der Waals surface area contributed by atoms with Crippen LogP contribution in [0.5, 0.6) is 0 Å². The first-order valence-corrected chi connectivity index (χ1v) is 8.56. The van der Waals surface area contributed by atoms with E-state index in [-0.39, 0.29) is 0 Å². The Morgan fingerprint density at radius 2 is 1.87 bits per heavy atom. The second-order valence-electron chi connectivity index (χ2n) is 4.65. The smallest absolute Gasteiger partial charge is 0.177 e. The zero-order valence-corrected chi connectivity index (χ0v) is 10.3. The van der Waals surface area contributed by atoms with Gasteiger partial charge in [0.05, 0.1) is 0 Å². The molecule has 0 unspecified atom stereocenters. The third-order valence-electron chi connectivity index (χ3n) is 1.99. The highest BCUT2D eigenvalue weighted by Crippen LogP contribution is 2.17. The van der Waals surface area contributed by atoms with Crippen LogP contribution in [0.4, 0.5) is 0 Å². The summed E-state index contributed by atoms with van der Waals surface area (Å²) in [6, 6.07) is 9.99. The van der Waals surface area contributed by atoms with Crippen LogP contribution in [0.15, 0.2) is 34.7 Å². The van der Waals surface area contributed by atoms with E-state index >= 15 is 0 Å². The highest BCUT2D eigenvalue weighted by Gasteiger charge is 2.08. The van der Waals surface area contributed by atoms with Crippen LogP contribution in [0.3, 0.4) is 0 Å². The summed E-state index contributed by atoms with van der Waals surface area (Å²) in [6.45, 7) is 6.67. The lowest BCUT2D eigenvalue weighted by atomic mass is 10.2. The van der Waals surface area contributed by atoms with Crippen LogP contribution in [0, 0.1) is 11.5 Å². The maximum absolute atomic E-state index is 5.61. The standard InChI is InChI=1S/C13H14OSi/c1-15(2,3)9-8-12-10-11-6-4-5-7-13(11)14-12/h4-7,10H,1-3H3. The molecule has 0 spiro atoms. The zero-order chi connectivity index (χ0) is 10.9. The third kappa shape index (κ3) is 2.51. The third-order valence-corrected chi connectivity index (χ3v) is 2.86. The maximum Gasteiger partial charge on any atom is 0.177 e. The zero-order valence-electron chi connectivity index (χ0n) is 9.29. The van der Waals surface area contributed by atoms with Gasteiger partial charge in [-0.25, -0.2) is 0 Å². The lowest BCUT2D eigenvalue weighted by Gasteiger charge is -2.02. The van der Waals surface area contributed by atoms with Crippen molar-refractivity contribution >= 4 is 19.0 Å². The van der Waals surface area contributed by atoms with Gasteiger partial charge in [0, 0.05) is 11.5 Å². The minimum absolute atomic E-state index is 0.777. The molecule has 15 heavy (non-hydrogen) atoms. The minimum Gasteiger partial charge on any atom is -0.448 e. The maximum atomic E-state index is 5.61. The fourth-order valence-electron chi connectivity index (χ4n) is 1.29. The molecule has 2 rings (SSSR count). The van der Waals surface area contributed by atoms with Gasteiger partial charge >= 0.3 is 0 Å². The summed E-state index contributed by atoms with van der Waals surface area (Å²) >= 11 is 0. The molecule has 2 aromatic rings. The van der Waals surface area contributed by atoms with E-state index in [9.17, 15) is 0 Å². The molecule has 0 radical (unpaired) electrons. The number of rotatable bonds is 0. The minimum atomic E-state index is -1.31. The lowest BCUT2D eigenvalue weighted by Crippen LogP contribution is -2.16. The molecule has 0 bridgehead atoms. The van der Waals surface area contributed by atoms with Gasteiger partial charge in [0.1, 0.15) is 13.7 Å². The Morgan fingerprint density at radius 1 is 1.13 bits per heavy atom. The van der Waals surface area contributed by atoms with Gasteiger partial charge in [-0.2, -0.15) is 0 Å². The largest absolute Gasteiger partial charge is 0.448 e. The quantitative estimate of drug-likeness (QED) is 0.482. The van der Waals surface area contributed by atoms with Gasteiger partial charge in [0.15, 0.2) is 5.76 Å². The van der Waals surface area contributed by atoms with Crippen molar-refractivity contribution in [2.24, 2.45) is 0 Å². The van der Waals surface area contributed by atoms with Crippen LogP contribution in [0.25, 0.3) is 11.0 Å². The summed E-state index contributed by atoms with van der Waals surface area (Å²) in [6.07, 6.45) is 0. The van der Waals surface area contributed by atoms with Crippen LogP contribution in [-0.2, 0) is 0 Å².